The van der Waals surface area contributed by atoms with Crippen molar-refractivity contribution in [1.29, 1.82) is 0 Å². The standard InChI is InChI=1S/C16H24ClN3O/c1-12(2)11-21-10-4-9-20-15(7-8-17)19-14-6-5-13(3)18-16(14)20/h5-6,12H,4,7-11H2,1-3H3. The molecule has 0 spiro atoms. The summed E-state index contributed by atoms with van der Waals surface area (Å²) in [4.78, 5) is 9.27. The molecule has 0 aliphatic carbocycles. The van der Waals surface area contributed by atoms with Gasteiger partial charge in [0.1, 0.15) is 11.3 Å². The minimum atomic E-state index is 0.576. The molecule has 0 atom stereocenters. The average Bonchev–Trinajstić information content (AvgIpc) is 2.76. The van der Waals surface area contributed by atoms with Gasteiger partial charge in [-0.1, -0.05) is 13.8 Å². The molecule has 0 unspecified atom stereocenters. The third-order valence-corrected chi connectivity index (χ3v) is 3.44. The van der Waals surface area contributed by atoms with Crippen molar-refractivity contribution in [2.75, 3.05) is 19.1 Å². The maximum atomic E-state index is 5.89. The molecule has 0 aliphatic rings. The Hall–Kier alpha value is -1.13. The minimum absolute atomic E-state index is 0.576. The molecule has 0 radical (unpaired) electrons. The molecule has 2 aromatic rings. The molecule has 0 bridgehead atoms. The summed E-state index contributed by atoms with van der Waals surface area (Å²) >= 11 is 5.89. The average molecular weight is 310 g/mol. The van der Waals surface area contributed by atoms with E-state index in [2.05, 4.69) is 28.4 Å². The first-order chi connectivity index (χ1) is 10.1. The Labute approximate surface area is 131 Å². The van der Waals surface area contributed by atoms with Gasteiger partial charge in [-0.15, -0.1) is 11.6 Å². The molecule has 0 saturated carbocycles. The van der Waals surface area contributed by atoms with E-state index in [0.717, 1.165) is 55.3 Å². The number of hydrogen-bond acceptors (Lipinski definition) is 3. The number of rotatable bonds is 8. The van der Waals surface area contributed by atoms with Crippen molar-refractivity contribution in [2.45, 2.75) is 40.2 Å². The van der Waals surface area contributed by atoms with Gasteiger partial charge in [0.2, 0.25) is 0 Å². The quantitative estimate of drug-likeness (QED) is 0.552. The summed E-state index contributed by atoms with van der Waals surface area (Å²) in [7, 11) is 0. The zero-order valence-corrected chi connectivity index (χ0v) is 13.9. The zero-order valence-electron chi connectivity index (χ0n) is 13.1. The van der Waals surface area contributed by atoms with Crippen LogP contribution in [0.3, 0.4) is 0 Å². The van der Waals surface area contributed by atoms with Gasteiger partial charge >= 0.3 is 0 Å². The number of imidazole rings is 1. The number of alkyl halides is 1. The summed E-state index contributed by atoms with van der Waals surface area (Å²) < 4.78 is 7.83. The number of hydrogen-bond donors (Lipinski definition) is 0. The van der Waals surface area contributed by atoms with Crippen molar-refractivity contribution in [3.05, 3.63) is 23.7 Å². The highest BCUT2D eigenvalue weighted by Crippen LogP contribution is 2.16. The van der Waals surface area contributed by atoms with Gasteiger partial charge in [-0.3, -0.25) is 0 Å². The monoisotopic (exact) mass is 309 g/mol. The molecule has 0 fully saturated rings. The smallest absolute Gasteiger partial charge is 0.160 e. The Morgan fingerprint density at radius 1 is 1.29 bits per heavy atom. The number of fused-ring (bicyclic) bond motifs is 1. The van der Waals surface area contributed by atoms with E-state index in [1.54, 1.807) is 0 Å². The summed E-state index contributed by atoms with van der Waals surface area (Å²) in [5.74, 6) is 2.17. The lowest BCUT2D eigenvalue weighted by molar-refractivity contribution is 0.105. The molecular formula is C16H24ClN3O. The molecule has 0 amide bonds. The fraction of sp³-hybridized carbons (Fsp3) is 0.625. The molecule has 5 heteroatoms. The Morgan fingerprint density at radius 2 is 2.10 bits per heavy atom. The maximum Gasteiger partial charge on any atom is 0.160 e. The Bertz CT molecular complexity index is 580. The van der Waals surface area contributed by atoms with Gasteiger partial charge in [0, 0.05) is 37.8 Å². The predicted octanol–water partition coefficient (Wildman–Crippen LogP) is 3.58. The lowest BCUT2D eigenvalue weighted by atomic mass is 10.2. The highest BCUT2D eigenvalue weighted by molar-refractivity contribution is 6.17. The number of ether oxygens (including phenoxy) is 1. The molecule has 0 N–H and O–H groups in total. The first-order valence-corrected chi connectivity index (χ1v) is 8.11. The predicted molar refractivity (Wildman–Crippen MR) is 87.0 cm³/mol. The molecule has 0 saturated heterocycles. The van der Waals surface area contributed by atoms with Crippen molar-refractivity contribution < 1.29 is 4.74 Å². The first-order valence-electron chi connectivity index (χ1n) is 7.58. The second-order valence-corrected chi connectivity index (χ2v) is 6.11. The summed E-state index contributed by atoms with van der Waals surface area (Å²) in [6.45, 7) is 8.78. The first kappa shape index (κ1) is 16.2. The van der Waals surface area contributed by atoms with Crippen LogP contribution in [-0.4, -0.2) is 33.6 Å². The van der Waals surface area contributed by atoms with Crippen molar-refractivity contribution in [2.24, 2.45) is 5.92 Å². The van der Waals surface area contributed by atoms with Crippen LogP contribution in [0.1, 0.15) is 31.8 Å². The van der Waals surface area contributed by atoms with Crippen LogP contribution >= 0.6 is 11.6 Å². The van der Waals surface area contributed by atoms with Crippen molar-refractivity contribution in [3.63, 3.8) is 0 Å². The Balaban J connectivity index is 2.08. The van der Waals surface area contributed by atoms with Crippen molar-refractivity contribution in [3.8, 4) is 0 Å². The molecule has 2 heterocycles. The Kier molecular flexibility index (Phi) is 6.00. The van der Waals surface area contributed by atoms with Crippen molar-refractivity contribution in [1.82, 2.24) is 14.5 Å². The third-order valence-electron chi connectivity index (χ3n) is 3.25. The van der Waals surface area contributed by atoms with E-state index in [4.69, 9.17) is 16.3 Å². The minimum Gasteiger partial charge on any atom is -0.381 e. The van der Waals surface area contributed by atoms with E-state index in [1.807, 2.05) is 19.1 Å². The normalized spacial score (nSPS) is 11.7. The summed E-state index contributed by atoms with van der Waals surface area (Å²) in [6, 6.07) is 4.02. The fourth-order valence-electron chi connectivity index (χ4n) is 2.30. The number of nitrogens with zero attached hydrogens (tertiary/aromatic N) is 3. The second-order valence-electron chi connectivity index (χ2n) is 5.74. The molecule has 0 aromatic carbocycles. The summed E-state index contributed by atoms with van der Waals surface area (Å²) in [5, 5.41) is 0. The summed E-state index contributed by atoms with van der Waals surface area (Å²) in [6.07, 6.45) is 1.73. The van der Waals surface area contributed by atoms with E-state index in [-0.39, 0.29) is 0 Å². The summed E-state index contributed by atoms with van der Waals surface area (Å²) in [5.41, 5.74) is 2.92. The number of pyridine rings is 1. The van der Waals surface area contributed by atoms with Crippen molar-refractivity contribution >= 4 is 22.8 Å². The number of halogens is 1. The van der Waals surface area contributed by atoms with Gasteiger partial charge in [0.25, 0.3) is 0 Å². The zero-order chi connectivity index (χ0) is 15.2. The maximum absolute atomic E-state index is 5.89. The highest BCUT2D eigenvalue weighted by Gasteiger charge is 2.11. The lowest BCUT2D eigenvalue weighted by Crippen LogP contribution is -2.09. The van der Waals surface area contributed by atoms with Crippen LogP contribution in [0.4, 0.5) is 0 Å². The van der Waals surface area contributed by atoms with Gasteiger partial charge in [-0.25, -0.2) is 9.97 Å². The van der Waals surface area contributed by atoms with Crippen LogP contribution < -0.4 is 0 Å². The van der Waals surface area contributed by atoms with E-state index in [0.29, 0.717) is 11.8 Å². The van der Waals surface area contributed by atoms with E-state index in [9.17, 15) is 0 Å². The largest absolute Gasteiger partial charge is 0.381 e. The van der Waals surface area contributed by atoms with E-state index in [1.165, 1.54) is 0 Å². The van der Waals surface area contributed by atoms with E-state index < -0.39 is 0 Å². The van der Waals surface area contributed by atoms with Crippen LogP contribution in [0.15, 0.2) is 12.1 Å². The molecule has 116 valence electrons. The Morgan fingerprint density at radius 3 is 2.81 bits per heavy atom. The molecule has 2 aromatic heterocycles. The van der Waals surface area contributed by atoms with Gasteiger partial charge in [-0.2, -0.15) is 0 Å². The van der Waals surface area contributed by atoms with E-state index >= 15 is 0 Å². The number of aryl methyl sites for hydroxylation is 3. The number of aromatic nitrogens is 3. The van der Waals surface area contributed by atoms with Crippen LogP contribution in [-0.2, 0) is 17.7 Å². The van der Waals surface area contributed by atoms with Gasteiger partial charge < -0.3 is 9.30 Å². The second kappa shape index (κ2) is 7.76. The third kappa shape index (κ3) is 4.42. The molecule has 2 rings (SSSR count). The van der Waals surface area contributed by atoms with Gasteiger partial charge in [0.05, 0.1) is 0 Å². The SMILES string of the molecule is Cc1ccc2nc(CCCl)n(CCCOCC(C)C)c2n1. The van der Waals surface area contributed by atoms with Crippen LogP contribution in [0.25, 0.3) is 11.2 Å². The highest BCUT2D eigenvalue weighted by atomic mass is 35.5. The molecular weight excluding hydrogens is 286 g/mol. The van der Waals surface area contributed by atoms with Gasteiger partial charge in [0.15, 0.2) is 5.65 Å². The topological polar surface area (TPSA) is 39.9 Å². The molecule has 21 heavy (non-hydrogen) atoms. The van der Waals surface area contributed by atoms with Crippen LogP contribution in [0.5, 0.6) is 0 Å². The molecule has 4 nitrogen and oxygen atoms in total. The fourth-order valence-corrected chi connectivity index (χ4v) is 2.47. The van der Waals surface area contributed by atoms with Crippen LogP contribution in [0, 0.1) is 12.8 Å². The molecule has 0 aliphatic heterocycles. The van der Waals surface area contributed by atoms with Crippen LogP contribution in [0.2, 0.25) is 0 Å². The lowest BCUT2D eigenvalue weighted by Gasteiger charge is -2.10. The van der Waals surface area contributed by atoms with Gasteiger partial charge in [-0.05, 0) is 31.4 Å².